The number of aliphatic hydroxyl groups excluding tert-OH is 1. The molecule has 3 heterocycles. The van der Waals surface area contributed by atoms with Crippen molar-refractivity contribution in [3.05, 3.63) is 0 Å². The number of hydrogen-bond donors (Lipinski definition) is 1. The van der Waals surface area contributed by atoms with E-state index in [9.17, 15) is 9.90 Å². The molecule has 0 aromatic heterocycles. The van der Waals surface area contributed by atoms with Crippen molar-refractivity contribution in [3.8, 4) is 0 Å². The Balaban J connectivity index is 1.79. The van der Waals surface area contributed by atoms with Crippen LogP contribution in [-0.2, 0) is 33.2 Å². The number of ether oxygens (including phenoxy) is 6. The van der Waals surface area contributed by atoms with Crippen molar-refractivity contribution in [3.63, 3.8) is 0 Å². The van der Waals surface area contributed by atoms with Crippen LogP contribution in [0.15, 0.2) is 0 Å². The fourth-order valence-corrected chi connectivity index (χ4v) is 3.41. The fraction of sp³-hybridized carbons (Fsp3) is 0.941. The van der Waals surface area contributed by atoms with Crippen LogP contribution in [0.25, 0.3) is 0 Å². The van der Waals surface area contributed by atoms with E-state index in [4.69, 9.17) is 28.4 Å². The predicted molar refractivity (Wildman–Crippen MR) is 84.6 cm³/mol. The first-order valence-corrected chi connectivity index (χ1v) is 8.59. The number of carbonyl (C=O) groups excluding carboxylic acids is 1. The zero-order valence-electron chi connectivity index (χ0n) is 15.6. The monoisotopic (exact) mass is 360 g/mol. The van der Waals surface area contributed by atoms with E-state index in [1.165, 1.54) is 0 Å². The second kappa shape index (κ2) is 6.23. The first kappa shape index (κ1) is 19.2. The van der Waals surface area contributed by atoms with Gasteiger partial charge in [0.15, 0.2) is 23.1 Å². The molecule has 3 fully saturated rings. The van der Waals surface area contributed by atoms with E-state index in [0.29, 0.717) is 6.61 Å². The van der Waals surface area contributed by atoms with E-state index in [1.54, 1.807) is 27.7 Å². The van der Waals surface area contributed by atoms with Crippen LogP contribution >= 0.6 is 0 Å². The zero-order chi connectivity index (χ0) is 18.6. The predicted octanol–water partition coefficient (Wildman–Crippen LogP) is 0.739. The summed E-state index contributed by atoms with van der Waals surface area (Å²) < 4.78 is 34.3. The molecule has 0 bridgehead atoms. The van der Waals surface area contributed by atoms with Gasteiger partial charge >= 0.3 is 0 Å². The van der Waals surface area contributed by atoms with Crippen molar-refractivity contribution in [2.75, 3.05) is 13.2 Å². The first-order valence-electron chi connectivity index (χ1n) is 8.59. The first-order chi connectivity index (χ1) is 11.4. The topological polar surface area (TPSA) is 92.7 Å². The molecule has 0 radical (unpaired) electrons. The molecular formula is C17H28O8. The van der Waals surface area contributed by atoms with Gasteiger partial charge in [0.1, 0.15) is 37.1 Å². The summed E-state index contributed by atoms with van der Waals surface area (Å²) in [7, 11) is 0. The Morgan fingerprint density at radius 3 is 2.16 bits per heavy atom. The average Bonchev–Trinajstić information content (AvgIpc) is 3.00. The Hall–Kier alpha value is -0.610. The van der Waals surface area contributed by atoms with Crippen LogP contribution in [0.1, 0.15) is 41.5 Å². The largest absolute Gasteiger partial charge is 0.387 e. The molecule has 3 aliphatic rings. The highest BCUT2D eigenvalue weighted by Crippen LogP contribution is 2.38. The van der Waals surface area contributed by atoms with Gasteiger partial charge in [0.05, 0.1) is 6.61 Å². The lowest BCUT2D eigenvalue weighted by Gasteiger charge is -2.39. The molecular weight excluding hydrogens is 332 g/mol. The lowest BCUT2D eigenvalue weighted by atomic mass is 9.96. The number of Topliss-reactive ketones (excluding diaryl/α,β-unsaturated/α-hetero) is 1. The number of rotatable bonds is 3. The molecule has 0 aliphatic carbocycles. The van der Waals surface area contributed by atoms with E-state index >= 15 is 0 Å². The van der Waals surface area contributed by atoms with Crippen LogP contribution in [0.4, 0.5) is 0 Å². The molecule has 1 N–H and O–H groups in total. The van der Waals surface area contributed by atoms with E-state index in [0.717, 1.165) is 0 Å². The summed E-state index contributed by atoms with van der Waals surface area (Å²) in [6.45, 7) is 10.7. The molecule has 8 nitrogen and oxygen atoms in total. The summed E-state index contributed by atoms with van der Waals surface area (Å²) in [4.78, 5) is 12.2. The summed E-state index contributed by atoms with van der Waals surface area (Å²) in [6, 6.07) is 0. The van der Waals surface area contributed by atoms with Gasteiger partial charge in [-0.2, -0.15) is 0 Å². The van der Waals surface area contributed by atoms with Gasteiger partial charge in [0, 0.05) is 0 Å². The van der Waals surface area contributed by atoms with Gasteiger partial charge in [0.25, 0.3) is 0 Å². The third-order valence-corrected chi connectivity index (χ3v) is 4.50. The maximum Gasteiger partial charge on any atom is 0.190 e. The third kappa shape index (κ3) is 4.05. The number of hydrogen-bond acceptors (Lipinski definition) is 8. The van der Waals surface area contributed by atoms with Gasteiger partial charge in [0.2, 0.25) is 0 Å². The van der Waals surface area contributed by atoms with Gasteiger partial charge in [-0.3, -0.25) is 4.79 Å². The third-order valence-electron chi connectivity index (χ3n) is 4.50. The van der Waals surface area contributed by atoms with E-state index in [-0.39, 0.29) is 12.4 Å². The van der Waals surface area contributed by atoms with Crippen LogP contribution < -0.4 is 0 Å². The molecule has 0 aromatic rings. The summed E-state index contributed by atoms with van der Waals surface area (Å²) in [5, 5.41) is 10.9. The minimum atomic E-state index is -1.21. The van der Waals surface area contributed by atoms with Gasteiger partial charge in [-0.25, -0.2) is 0 Å². The van der Waals surface area contributed by atoms with Crippen LogP contribution in [0.5, 0.6) is 0 Å². The van der Waals surface area contributed by atoms with Crippen molar-refractivity contribution >= 4 is 5.78 Å². The van der Waals surface area contributed by atoms with Crippen molar-refractivity contribution in [2.24, 2.45) is 0 Å². The van der Waals surface area contributed by atoms with Gasteiger partial charge in [-0.1, -0.05) is 0 Å². The highest BCUT2D eigenvalue weighted by atomic mass is 16.8. The lowest BCUT2D eigenvalue weighted by molar-refractivity contribution is -0.278. The molecule has 144 valence electrons. The van der Waals surface area contributed by atoms with Crippen LogP contribution in [-0.4, -0.2) is 72.0 Å². The molecule has 25 heavy (non-hydrogen) atoms. The molecule has 0 amide bonds. The number of aliphatic hydroxyl groups is 1. The Bertz CT molecular complexity index is 529. The second-order valence-corrected chi connectivity index (χ2v) is 8.12. The second-order valence-electron chi connectivity index (χ2n) is 8.12. The van der Waals surface area contributed by atoms with Crippen molar-refractivity contribution < 1.29 is 38.3 Å². The summed E-state index contributed by atoms with van der Waals surface area (Å²) in [6.07, 6.45) is -4.06. The molecule has 5 atom stereocenters. The maximum atomic E-state index is 12.2. The highest BCUT2D eigenvalue weighted by molar-refractivity contribution is 5.85. The smallest absolute Gasteiger partial charge is 0.190 e. The summed E-state index contributed by atoms with van der Waals surface area (Å²) in [5.74, 6) is -2.94. The van der Waals surface area contributed by atoms with Crippen molar-refractivity contribution in [1.82, 2.24) is 0 Å². The molecule has 0 unspecified atom stereocenters. The maximum absolute atomic E-state index is 12.2. The van der Waals surface area contributed by atoms with Gasteiger partial charge < -0.3 is 33.5 Å². The van der Waals surface area contributed by atoms with E-state index < -0.39 is 47.9 Å². The Kier molecular flexibility index (Phi) is 4.77. The lowest BCUT2D eigenvalue weighted by Crippen LogP contribution is -2.57. The van der Waals surface area contributed by atoms with E-state index in [1.807, 2.05) is 13.8 Å². The van der Waals surface area contributed by atoms with Gasteiger partial charge in [-0.15, -0.1) is 0 Å². The Morgan fingerprint density at radius 1 is 0.920 bits per heavy atom. The normalized spacial score (nSPS) is 41.0. The summed E-state index contributed by atoms with van der Waals surface area (Å²) in [5.41, 5.74) is 0. The molecule has 0 spiro atoms. The average molecular weight is 360 g/mol. The minimum Gasteiger partial charge on any atom is -0.387 e. The zero-order valence-corrected chi connectivity index (χ0v) is 15.6. The Labute approximate surface area is 147 Å². The molecule has 0 aromatic carbocycles. The SMILES string of the molecule is CC1(C)O[C@@H]([C@@H](O)[C@@H]2OC(C)(C)OCC2=O)[C@@H]([C@H]2COC(C)(C)O2)O1. The van der Waals surface area contributed by atoms with Crippen LogP contribution in [0.2, 0.25) is 0 Å². The Morgan fingerprint density at radius 2 is 1.56 bits per heavy atom. The molecule has 8 heteroatoms. The standard InChI is InChI=1S/C17H28O8/c1-15(2)21-8-10(22-15)13-14(25-17(5,6)24-13)11(19)12-9(18)7-20-16(3,4)23-12/h10-14,19H,7-8H2,1-6H3/t10-,11+,12-,13-,14+/m1/s1. The highest BCUT2D eigenvalue weighted by Gasteiger charge is 2.55. The molecule has 3 rings (SSSR count). The quantitative estimate of drug-likeness (QED) is 0.788. The number of carbonyl (C=O) groups is 1. The molecule has 3 saturated heterocycles. The minimum absolute atomic E-state index is 0.119. The summed E-state index contributed by atoms with van der Waals surface area (Å²) >= 11 is 0. The van der Waals surface area contributed by atoms with E-state index in [2.05, 4.69) is 0 Å². The van der Waals surface area contributed by atoms with Crippen LogP contribution in [0.3, 0.4) is 0 Å². The van der Waals surface area contributed by atoms with Gasteiger partial charge in [-0.05, 0) is 41.5 Å². The fourth-order valence-electron chi connectivity index (χ4n) is 3.41. The van der Waals surface area contributed by atoms with Crippen molar-refractivity contribution in [2.45, 2.75) is 89.4 Å². The van der Waals surface area contributed by atoms with Crippen LogP contribution in [0, 0.1) is 0 Å². The molecule has 3 aliphatic heterocycles. The molecule has 0 saturated carbocycles. The van der Waals surface area contributed by atoms with Crippen molar-refractivity contribution in [1.29, 1.82) is 0 Å². The number of ketones is 1.